The number of aromatic nitrogens is 1. The van der Waals surface area contributed by atoms with Gasteiger partial charge in [-0.15, -0.1) is 24.8 Å². The average molecular weight is 397 g/mol. The molecule has 0 aliphatic carbocycles. The summed E-state index contributed by atoms with van der Waals surface area (Å²) in [6, 6.07) is 12.2. The van der Waals surface area contributed by atoms with Gasteiger partial charge in [0.1, 0.15) is 5.82 Å². The Morgan fingerprint density at radius 3 is 2.38 bits per heavy atom. The summed E-state index contributed by atoms with van der Waals surface area (Å²) in [5.74, 6) is 0.182. The molecule has 1 aromatic carbocycles. The first-order chi connectivity index (χ1) is 11.7. The zero-order valence-electron chi connectivity index (χ0n) is 14.1. The summed E-state index contributed by atoms with van der Waals surface area (Å²) in [6.45, 7) is 0.876. The predicted molar refractivity (Wildman–Crippen MR) is 107 cm³/mol. The Labute approximate surface area is 165 Å². The normalized spacial score (nSPS) is 15.8. The fourth-order valence-electron chi connectivity index (χ4n) is 2.62. The summed E-state index contributed by atoms with van der Waals surface area (Å²) < 4.78 is 0. The van der Waals surface area contributed by atoms with Crippen molar-refractivity contribution in [3.63, 3.8) is 0 Å². The van der Waals surface area contributed by atoms with Crippen molar-refractivity contribution in [1.29, 1.82) is 0 Å². The van der Waals surface area contributed by atoms with Gasteiger partial charge >= 0.3 is 0 Å². The molecule has 1 fully saturated rings. The molecule has 0 unspecified atom stereocenters. The fourth-order valence-corrected chi connectivity index (χ4v) is 2.62. The number of pyridine rings is 1. The first-order valence-electron chi connectivity index (χ1n) is 8.09. The minimum atomic E-state index is -0.216. The van der Waals surface area contributed by atoms with Crippen molar-refractivity contribution in [3.05, 3.63) is 54.2 Å². The topological polar surface area (TPSA) is 83.1 Å². The van der Waals surface area contributed by atoms with Crippen LogP contribution in [-0.4, -0.2) is 29.4 Å². The zero-order valence-corrected chi connectivity index (χ0v) is 15.7. The number of anilines is 2. The van der Waals surface area contributed by atoms with E-state index in [0.29, 0.717) is 17.1 Å². The van der Waals surface area contributed by atoms with Crippen LogP contribution in [0.4, 0.5) is 11.5 Å². The predicted octanol–water partition coefficient (Wildman–Crippen LogP) is 3.26. The molecule has 2 heterocycles. The molecule has 0 spiro atoms. The van der Waals surface area contributed by atoms with Crippen molar-refractivity contribution in [2.24, 2.45) is 0 Å². The SMILES string of the molecule is Cl.Cl.O=C(Nc1ccc(NC(=O)[C@H]2CCCCN2)cn1)c1ccccc1. The molecule has 2 aromatic rings. The number of benzene rings is 1. The van der Waals surface area contributed by atoms with Gasteiger partial charge in [-0.25, -0.2) is 4.98 Å². The highest BCUT2D eigenvalue weighted by atomic mass is 35.5. The number of halogens is 2. The Bertz CT molecular complexity index is 705. The number of nitrogens with one attached hydrogen (secondary N) is 3. The molecule has 3 N–H and O–H groups in total. The van der Waals surface area contributed by atoms with Gasteiger partial charge in [-0.2, -0.15) is 0 Å². The van der Waals surface area contributed by atoms with Crippen molar-refractivity contribution in [2.45, 2.75) is 25.3 Å². The molecule has 6 nitrogen and oxygen atoms in total. The second kappa shape index (κ2) is 10.8. The third-order valence-electron chi connectivity index (χ3n) is 3.94. The number of amides is 2. The van der Waals surface area contributed by atoms with Crippen LogP contribution in [0.25, 0.3) is 0 Å². The van der Waals surface area contributed by atoms with Gasteiger partial charge in [0, 0.05) is 5.56 Å². The third kappa shape index (κ3) is 5.98. The molecule has 1 aliphatic rings. The van der Waals surface area contributed by atoms with Crippen LogP contribution in [0.15, 0.2) is 48.7 Å². The van der Waals surface area contributed by atoms with Crippen molar-refractivity contribution >= 4 is 48.1 Å². The van der Waals surface area contributed by atoms with Crippen LogP contribution in [0.5, 0.6) is 0 Å². The summed E-state index contributed by atoms with van der Waals surface area (Å²) in [5, 5.41) is 8.78. The van der Waals surface area contributed by atoms with Gasteiger partial charge in [-0.3, -0.25) is 9.59 Å². The van der Waals surface area contributed by atoms with E-state index in [2.05, 4.69) is 20.9 Å². The fraction of sp³-hybridized carbons (Fsp3) is 0.278. The van der Waals surface area contributed by atoms with Crippen molar-refractivity contribution in [3.8, 4) is 0 Å². The van der Waals surface area contributed by atoms with Gasteiger partial charge in [0.05, 0.1) is 17.9 Å². The second-order valence-corrected chi connectivity index (χ2v) is 5.74. The zero-order chi connectivity index (χ0) is 16.8. The molecule has 1 aliphatic heterocycles. The number of nitrogens with zero attached hydrogens (tertiary/aromatic N) is 1. The van der Waals surface area contributed by atoms with Crippen molar-refractivity contribution in [1.82, 2.24) is 10.3 Å². The van der Waals surface area contributed by atoms with Crippen molar-refractivity contribution < 1.29 is 9.59 Å². The van der Waals surface area contributed by atoms with Gasteiger partial charge in [-0.1, -0.05) is 24.6 Å². The number of carbonyl (C=O) groups excluding carboxylic acids is 2. The molecule has 1 saturated heterocycles. The van der Waals surface area contributed by atoms with Crippen LogP contribution in [-0.2, 0) is 4.79 Å². The molecule has 0 radical (unpaired) electrons. The molecular weight excluding hydrogens is 375 g/mol. The summed E-state index contributed by atoms with van der Waals surface area (Å²) in [7, 11) is 0. The highest BCUT2D eigenvalue weighted by molar-refractivity contribution is 6.03. The van der Waals surface area contributed by atoms with Gasteiger partial charge in [0.15, 0.2) is 0 Å². The highest BCUT2D eigenvalue weighted by Crippen LogP contribution is 2.13. The summed E-state index contributed by atoms with van der Waals surface area (Å²) in [5.41, 5.74) is 1.19. The van der Waals surface area contributed by atoms with Gasteiger partial charge < -0.3 is 16.0 Å². The average Bonchev–Trinajstić information content (AvgIpc) is 2.65. The minimum Gasteiger partial charge on any atom is -0.323 e. The molecular formula is C18H22Cl2N4O2. The summed E-state index contributed by atoms with van der Waals surface area (Å²) in [6.07, 6.45) is 4.57. The maximum absolute atomic E-state index is 12.1. The first kappa shape index (κ1) is 21.9. The molecule has 1 aromatic heterocycles. The number of carbonyl (C=O) groups is 2. The lowest BCUT2D eigenvalue weighted by atomic mass is 10.0. The Balaban J connectivity index is 0.00000169. The molecule has 1 atom stereocenters. The van der Waals surface area contributed by atoms with Crippen LogP contribution in [0, 0.1) is 0 Å². The molecule has 140 valence electrons. The van der Waals surface area contributed by atoms with Crippen LogP contribution in [0.1, 0.15) is 29.6 Å². The monoisotopic (exact) mass is 396 g/mol. The van der Waals surface area contributed by atoms with Gasteiger partial charge in [0.2, 0.25) is 5.91 Å². The van der Waals surface area contributed by atoms with Crippen LogP contribution >= 0.6 is 24.8 Å². The summed E-state index contributed by atoms with van der Waals surface area (Å²) >= 11 is 0. The second-order valence-electron chi connectivity index (χ2n) is 5.74. The van der Waals surface area contributed by atoms with E-state index in [1.165, 1.54) is 0 Å². The van der Waals surface area contributed by atoms with E-state index in [9.17, 15) is 9.59 Å². The summed E-state index contributed by atoms with van der Waals surface area (Å²) in [4.78, 5) is 28.4. The maximum atomic E-state index is 12.1. The van der Waals surface area contributed by atoms with Crippen molar-refractivity contribution in [2.75, 3.05) is 17.2 Å². The largest absolute Gasteiger partial charge is 0.323 e. The van der Waals surface area contributed by atoms with E-state index < -0.39 is 0 Å². The lowest BCUT2D eigenvalue weighted by Crippen LogP contribution is -2.43. The van der Waals surface area contributed by atoms with E-state index in [1.807, 2.05) is 6.07 Å². The lowest BCUT2D eigenvalue weighted by Gasteiger charge is -2.22. The number of rotatable bonds is 4. The molecule has 8 heteroatoms. The minimum absolute atomic E-state index is 0. The van der Waals surface area contributed by atoms with Gasteiger partial charge in [0.25, 0.3) is 5.91 Å². The smallest absolute Gasteiger partial charge is 0.256 e. The Morgan fingerprint density at radius 1 is 1.00 bits per heavy atom. The quantitative estimate of drug-likeness (QED) is 0.740. The standard InChI is InChI=1S/C18H20N4O2.2ClH/c23-17(13-6-2-1-3-7-13)22-16-10-9-14(12-20-16)21-18(24)15-8-4-5-11-19-15;;/h1-3,6-7,9-10,12,15,19H,4-5,8,11H2,(H,21,24)(H,20,22,23);2*1H/t15-;;/m1../s1. The van der Waals surface area contributed by atoms with Gasteiger partial charge in [-0.05, 0) is 43.7 Å². The van der Waals surface area contributed by atoms with E-state index in [4.69, 9.17) is 0 Å². The first-order valence-corrected chi connectivity index (χ1v) is 8.09. The van der Waals surface area contributed by atoms with E-state index in [-0.39, 0.29) is 42.7 Å². The van der Waals surface area contributed by atoms with E-state index >= 15 is 0 Å². The van der Waals surface area contributed by atoms with Crippen LogP contribution < -0.4 is 16.0 Å². The maximum Gasteiger partial charge on any atom is 0.256 e. The third-order valence-corrected chi connectivity index (χ3v) is 3.94. The molecule has 26 heavy (non-hydrogen) atoms. The Morgan fingerprint density at radius 2 is 1.77 bits per heavy atom. The molecule has 0 bridgehead atoms. The number of piperidine rings is 1. The highest BCUT2D eigenvalue weighted by Gasteiger charge is 2.20. The lowest BCUT2D eigenvalue weighted by molar-refractivity contribution is -0.118. The molecule has 3 rings (SSSR count). The van der Waals surface area contributed by atoms with Crippen LogP contribution in [0.3, 0.4) is 0 Å². The Kier molecular flexibility index (Phi) is 9.05. The van der Waals surface area contributed by atoms with Crippen LogP contribution in [0.2, 0.25) is 0 Å². The number of hydrogen-bond donors (Lipinski definition) is 3. The van der Waals surface area contributed by atoms with E-state index in [0.717, 1.165) is 25.8 Å². The molecule has 2 amide bonds. The number of hydrogen-bond acceptors (Lipinski definition) is 4. The molecule has 0 saturated carbocycles. The van der Waals surface area contributed by atoms with E-state index in [1.54, 1.807) is 42.6 Å². The Hall–Kier alpha value is -2.15.